The molecule has 110 valence electrons. The van der Waals surface area contributed by atoms with Crippen LogP contribution in [0.15, 0.2) is 24.4 Å². The molecule has 0 amide bonds. The van der Waals surface area contributed by atoms with Gasteiger partial charge in [-0.05, 0) is 25.1 Å². The van der Waals surface area contributed by atoms with Crippen LogP contribution in [-0.4, -0.2) is 14.8 Å². The molecule has 3 rings (SSSR count). The first-order valence-corrected chi connectivity index (χ1v) is 6.26. The molecule has 2 heterocycles. The van der Waals surface area contributed by atoms with Crippen LogP contribution in [0.1, 0.15) is 11.3 Å². The van der Waals surface area contributed by atoms with Crippen LogP contribution in [-0.2, 0) is 13.2 Å². The van der Waals surface area contributed by atoms with E-state index in [9.17, 15) is 13.2 Å². The second kappa shape index (κ2) is 4.28. The molecule has 0 bridgehead atoms. The van der Waals surface area contributed by atoms with Gasteiger partial charge in [-0.15, -0.1) is 0 Å². The lowest BCUT2D eigenvalue weighted by atomic mass is 10.0. The van der Waals surface area contributed by atoms with E-state index in [1.807, 2.05) is 11.5 Å². The molecule has 2 aromatic heterocycles. The molecule has 0 aliphatic carbocycles. The molecule has 0 saturated heterocycles. The molecule has 0 aliphatic heterocycles. The van der Waals surface area contributed by atoms with E-state index in [4.69, 9.17) is 5.73 Å². The third kappa shape index (κ3) is 1.96. The highest BCUT2D eigenvalue weighted by Gasteiger charge is 2.31. The van der Waals surface area contributed by atoms with Gasteiger partial charge < -0.3 is 10.3 Å². The second-order valence-electron chi connectivity index (χ2n) is 4.95. The third-order valence-electron chi connectivity index (χ3n) is 3.74. The first kappa shape index (κ1) is 13.5. The van der Waals surface area contributed by atoms with E-state index >= 15 is 0 Å². The third-order valence-corrected chi connectivity index (χ3v) is 3.74. The zero-order valence-electron chi connectivity index (χ0n) is 11.4. The van der Waals surface area contributed by atoms with Crippen LogP contribution in [0.2, 0.25) is 0 Å². The summed E-state index contributed by atoms with van der Waals surface area (Å²) in [5, 5.41) is 7.10. The molecule has 0 atom stereocenters. The molecule has 0 spiro atoms. The zero-order valence-corrected chi connectivity index (χ0v) is 11.4. The second-order valence-corrected chi connectivity index (χ2v) is 4.95. The molecule has 0 radical (unpaired) electrons. The maximum Gasteiger partial charge on any atom is 0.416 e. The van der Waals surface area contributed by atoms with Crippen molar-refractivity contribution in [2.24, 2.45) is 7.05 Å². The number of nitrogens with one attached hydrogen (secondary N) is 1. The summed E-state index contributed by atoms with van der Waals surface area (Å²) in [5.41, 5.74) is 8.28. The Hall–Kier alpha value is -2.44. The predicted octanol–water partition coefficient (Wildman–Crippen LogP) is 3.48. The van der Waals surface area contributed by atoms with Gasteiger partial charge in [0, 0.05) is 29.2 Å². The number of alkyl halides is 3. The Morgan fingerprint density at radius 2 is 2.00 bits per heavy atom. The van der Waals surface area contributed by atoms with Gasteiger partial charge in [-0.2, -0.15) is 18.3 Å². The number of anilines is 1. The fourth-order valence-corrected chi connectivity index (χ4v) is 2.56. The quantitative estimate of drug-likeness (QED) is 0.722. The van der Waals surface area contributed by atoms with Crippen LogP contribution < -0.4 is 5.73 Å². The lowest BCUT2D eigenvalue weighted by Gasteiger charge is -2.07. The van der Waals surface area contributed by atoms with Crippen LogP contribution >= 0.6 is 0 Å². The molecule has 7 heteroatoms. The SMILES string of the molecule is Cc1c(-c2[nH]ncc2N)c2cc(C(F)(F)F)ccc2n1C. The number of nitrogen functional groups attached to an aromatic ring is 1. The minimum absolute atomic E-state index is 0.406. The van der Waals surface area contributed by atoms with Crippen molar-refractivity contribution in [3.63, 3.8) is 0 Å². The lowest BCUT2D eigenvalue weighted by molar-refractivity contribution is -0.137. The molecule has 0 aliphatic rings. The van der Waals surface area contributed by atoms with Crippen molar-refractivity contribution in [1.29, 1.82) is 0 Å². The number of nitrogens with two attached hydrogens (primary N) is 1. The summed E-state index contributed by atoms with van der Waals surface area (Å²) in [5.74, 6) is 0. The normalized spacial score (nSPS) is 12.2. The standard InChI is InChI=1S/C14H13F3N4/c1-7-12(13-10(18)6-19-20-13)9-5-8(14(15,16)17)3-4-11(9)21(7)2/h3-6H,18H2,1-2H3,(H,19,20). The van der Waals surface area contributed by atoms with E-state index in [0.29, 0.717) is 27.8 Å². The van der Waals surface area contributed by atoms with Crippen LogP contribution in [0.4, 0.5) is 18.9 Å². The fourth-order valence-electron chi connectivity index (χ4n) is 2.56. The number of aryl methyl sites for hydroxylation is 1. The Morgan fingerprint density at radius 3 is 2.57 bits per heavy atom. The molecular formula is C14H13F3N4. The molecule has 0 unspecified atom stereocenters. The highest BCUT2D eigenvalue weighted by atomic mass is 19.4. The van der Waals surface area contributed by atoms with Gasteiger partial charge in [0.1, 0.15) is 0 Å². The van der Waals surface area contributed by atoms with E-state index in [2.05, 4.69) is 10.2 Å². The Kier molecular flexibility index (Phi) is 2.76. The Bertz CT molecular complexity index is 827. The van der Waals surface area contributed by atoms with Gasteiger partial charge in [-0.1, -0.05) is 0 Å². The van der Waals surface area contributed by atoms with Crippen molar-refractivity contribution in [3.8, 4) is 11.3 Å². The van der Waals surface area contributed by atoms with Crippen molar-refractivity contribution in [2.75, 3.05) is 5.73 Å². The number of hydrogen-bond donors (Lipinski definition) is 2. The van der Waals surface area contributed by atoms with Crippen molar-refractivity contribution in [2.45, 2.75) is 13.1 Å². The van der Waals surface area contributed by atoms with Gasteiger partial charge in [0.15, 0.2) is 0 Å². The summed E-state index contributed by atoms with van der Waals surface area (Å²) in [6.07, 6.45) is -2.93. The minimum atomic E-state index is -4.38. The average Bonchev–Trinajstić information content (AvgIpc) is 2.92. The summed E-state index contributed by atoms with van der Waals surface area (Å²) in [6.45, 7) is 1.84. The van der Waals surface area contributed by atoms with E-state index in [-0.39, 0.29) is 0 Å². The molecule has 3 aromatic rings. The van der Waals surface area contributed by atoms with Gasteiger partial charge in [0.25, 0.3) is 0 Å². The van der Waals surface area contributed by atoms with E-state index in [1.165, 1.54) is 12.3 Å². The molecule has 21 heavy (non-hydrogen) atoms. The van der Waals surface area contributed by atoms with Crippen LogP contribution in [0.3, 0.4) is 0 Å². The van der Waals surface area contributed by atoms with Crippen LogP contribution in [0.25, 0.3) is 22.2 Å². The number of nitrogens with zero attached hydrogens (tertiary/aromatic N) is 2. The Balaban J connectivity index is 2.38. The summed E-state index contributed by atoms with van der Waals surface area (Å²) in [4.78, 5) is 0. The summed E-state index contributed by atoms with van der Waals surface area (Å²) in [7, 11) is 1.81. The molecule has 4 nitrogen and oxygen atoms in total. The lowest BCUT2D eigenvalue weighted by Crippen LogP contribution is -2.04. The maximum absolute atomic E-state index is 12.9. The molecular weight excluding hydrogens is 281 g/mol. The van der Waals surface area contributed by atoms with Gasteiger partial charge in [-0.25, -0.2) is 0 Å². The summed E-state index contributed by atoms with van der Waals surface area (Å²) in [6, 6.07) is 3.71. The maximum atomic E-state index is 12.9. The topological polar surface area (TPSA) is 59.6 Å². The largest absolute Gasteiger partial charge is 0.416 e. The van der Waals surface area contributed by atoms with Crippen molar-refractivity contribution >= 4 is 16.6 Å². The summed E-state index contributed by atoms with van der Waals surface area (Å²) < 4.78 is 40.6. The molecule has 1 aromatic carbocycles. The molecule has 0 saturated carbocycles. The first-order valence-electron chi connectivity index (χ1n) is 6.26. The van der Waals surface area contributed by atoms with E-state index < -0.39 is 11.7 Å². The van der Waals surface area contributed by atoms with Crippen LogP contribution in [0, 0.1) is 6.92 Å². The monoisotopic (exact) mass is 294 g/mol. The van der Waals surface area contributed by atoms with Crippen LogP contribution in [0.5, 0.6) is 0 Å². The number of hydrogen-bond acceptors (Lipinski definition) is 2. The van der Waals surface area contributed by atoms with Crippen molar-refractivity contribution in [3.05, 3.63) is 35.7 Å². The predicted molar refractivity (Wildman–Crippen MR) is 74.7 cm³/mol. The smallest absolute Gasteiger partial charge is 0.396 e. The number of H-pyrrole nitrogens is 1. The fraction of sp³-hybridized carbons (Fsp3) is 0.214. The molecule has 3 N–H and O–H groups in total. The Morgan fingerprint density at radius 1 is 1.29 bits per heavy atom. The van der Waals surface area contributed by atoms with Crippen molar-refractivity contribution < 1.29 is 13.2 Å². The number of aromatic amines is 1. The minimum Gasteiger partial charge on any atom is -0.396 e. The number of halogens is 3. The first-order chi connectivity index (χ1) is 9.80. The van der Waals surface area contributed by atoms with Gasteiger partial charge in [0.05, 0.1) is 23.1 Å². The van der Waals surface area contributed by atoms with Gasteiger partial charge in [0.2, 0.25) is 0 Å². The molecule has 0 fully saturated rings. The number of fused-ring (bicyclic) bond motifs is 1. The number of benzene rings is 1. The highest BCUT2D eigenvalue weighted by Crippen LogP contribution is 2.38. The number of rotatable bonds is 1. The Labute approximate surface area is 118 Å². The number of aromatic nitrogens is 3. The van der Waals surface area contributed by atoms with E-state index in [0.717, 1.165) is 17.8 Å². The zero-order chi connectivity index (χ0) is 15.4. The van der Waals surface area contributed by atoms with Crippen molar-refractivity contribution in [1.82, 2.24) is 14.8 Å². The van der Waals surface area contributed by atoms with E-state index in [1.54, 1.807) is 7.05 Å². The summed E-state index contributed by atoms with van der Waals surface area (Å²) >= 11 is 0. The van der Waals surface area contributed by atoms with Gasteiger partial charge in [-0.3, -0.25) is 5.10 Å². The van der Waals surface area contributed by atoms with Gasteiger partial charge >= 0.3 is 6.18 Å². The highest BCUT2D eigenvalue weighted by molar-refractivity contribution is 5.99. The average molecular weight is 294 g/mol.